The number of carbonyl (C=O) groups excluding carboxylic acids is 2. The van der Waals surface area contributed by atoms with Crippen LogP contribution in [0, 0.1) is 5.82 Å². The van der Waals surface area contributed by atoms with Crippen molar-refractivity contribution in [2.24, 2.45) is 0 Å². The smallest absolute Gasteiger partial charge is 0.339 e. The number of hydrogen-bond acceptors (Lipinski definition) is 3. The van der Waals surface area contributed by atoms with Crippen LogP contribution in [0.1, 0.15) is 37.9 Å². The van der Waals surface area contributed by atoms with Gasteiger partial charge in [0.15, 0.2) is 0 Å². The van der Waals surface area contributed by atoms with Crippen molar-refractivity contribution in [2.75, 3.05) is 5.32 Å². The lowest BCUT2D eigenvalue weighted by Crippen LogP contribution is -2.23. The third-order valence-corrected chi connectivity index (χ3v) is 4.82. The first-order valence-corrected chi connectivity index (χ1v) is 9.04. The third kappa shape index (κ3) is 3.75. The van der Waals surface area contributed by atoms with Gasteiger partial charge in [0.1, 0.15) is 11.9 Å². The lowest BCUT2D eigenvalue weighted by Gasteiger charge is -2.25. The summed E-state index contributed by atoms with van der Waals surface area (Å²) in [5, 5.41) is 3.26. The van der Waals surface area contributed by atoms with E-state index in [9.17, 15) is 14.0 Å². The summed E-state index contributed by atoms with van der Waals surface area (Å²) >= 11 is 5.92. The molecule has 0 saturated carbocycles. The number of halogens is 2. The fourth-order valence-corrected chi connectivity index (χ4v) is 3.30. The van der Waals surface area contributed by atoms with E-state index >= 15 is 0 Å². The number of cyclic esters (lactones) is 1. The summed E-state index contributed by atoms with van der Waals surface area (Å²) in [5.74, 6) is -1.24. The van der Waals surface area contributed by atoms with Gasteiger partial charge in [-0.25, -0.2) is 9.18 Å². The summed E-state index contributed by atoms with van der Waals surface area (Å²) in [6.07, 6.45) is 0.00265. The quantitative estimate of drug-likeness (QED) is 0.621. The predicted molar refractivity (Wildman–Crippen MR) is 104 cm³/mol. The second-order valence-corrected chi connectivity index (χ2v) is 6.92. The van der Waals surface area contributed by atoms with Gasteiger partial charge in [-0.1, -0.05) is 29.8 Å². The molecule has 3 aromatic carbocycles. The van der Waals surface area contributed by atoms with Crippen molar-refractivity contribution in [3.05, 3.63) is 99.8 Å². The van der Waals surface area contributed by atoms with E-state index in [-0.39, 0.29) is 5.91 Å². The molecule has 6 heteroatoms. The van der Waals surface area contributed by atoms with Crippen LogP contribution in [0.25, 0.3) is 0 Å². The van der Waals surface area contributed by atoms with Crippen molar-refractivity contribution < 1.29 is 18.7 Å². The average Bonchev–Trinajstić information content (AvgIpc) is 2.68. The molecule has 1 atom stereocenters. The Bertz CT molecular complexity index is 1070. The fourth-order valence-electron chi connectivity index (χ4n) is 3.17. The Morgan fingerprint density at radius 2 is 1.86 bits per heavy atom. The minimum absolute atomic E-state index is 0.362. The summed E-state index contributed by atoms with van der Waals surface area (Å²) in [7, 11) is 0. The van der Waals surface area contributed by atoms with E-state index in [1.165, 1.54) is 18.2 Å². The van der Waals surface area contributed by atoms with E-state index in [0.29, 0.717) is 28.3 Å². The van der Waals surface area contributed by atoms with Crippen LogP contribution in [0.5, 0.6) is 0 Å². The number of nitrogens with one attached hydrogen (secondary N) is 1. The van der Waals surface area contributed by atoms with Crippen molar-refractivity contribution in [1.82, 2.24) is 0 Å². The first-order chi connectivity index (χ1) is 13.5. The molecule has 0 aromatic heterocycles. The normalized spacial score (nSPS) is 15.5. The second-order valence-electron chi connectivity index (χ2n) is 6.49. The maximum absolute atomic E-state index is 13.3. The Morgan fingerprint density at radius 1 is 1.07 bits per heavy atom. The van der Waals surface area contributed by atoms with E-state index < -0.39 is 17.9 Å². The molecule has 1 amide bonds. The maximum atomic E-state index is 13.3. The van der Waals surface area contributed by atoms with Crippen LogP contribution in [0.2, 0.25) is 5.02 Å². The van der Waals surface area contributed by atoms with E-state index in [1.54, 1.807) is 36.4 Å². The molecule has 0 spiro atoms. The molecule has 1 N–H and O–H groups in total. The van der Waals surface area contributed by atoms with Crippen LogP contribution in [-0.4, -0.2) is 11.9 Å². The van der Waals surface area contributed by atoms with Crippen LogP contribution in [-0.2, 0) is 11.2 Å². The van der Waals surface area contributed by atoms with Crippen LogP contribution in [0.3, 0.4) is 0 Å². The number of esters is 1. The number of rotatable bonds is 3. The molecule has 1 aliphatic heterocycles. The highest BCUT2D eigenvalue weighted by Gasteiger charge is 2.28. The molecule has 0 radical (unpaired) electrons. The zero-order chi connectivity index (χ0) is 19.7. The second kappa shape index (κ2) is 7.44. The van der Waals surface area contributed by atoms with Gasteiger partial charge in [-0.05, 0) is 59.7 Å². The SMILES string of the molecule is O=C(Nc1cccc(F)c1)c1ccc2c(c1)C[C@@H](c1ccc(Cl)cc1)OC2=O. The zero-order valence-corrected chi connectivity index (χ0v) is 15.4. The molecule has 0 bridgehead atoms. The van der Waals surface area contributed by atoms with Gasteiger partial charge in [0.2, 0.25) is 0 Å². The third-order valence-electron chi connectivity index (χ3n) is 4.57. The first kappa shape index (κ1) is 18.2. The molecule has 0 saturated heterocycles. The predicted octanol–water partition coefficient (Wildman–Crippen LogP) is 5.19. The zero-order valence-electron chi connectivity index (χ0n) is 14.6. The standard InChI is InChI=1S/C22H15ClFNO3/c23-16-7-4-13(5-8-16)20-11-15-10-14(6-9-19(15)22(27)28-20)21(26)25-18-3-1-2-17(24)12-18/h1-10,12,20H,11H2,(H,25,26)/t20-/m0/s1. The molecule has 0 unspecified atom stereocenters. The Balaban J connectivity index is 1.58. The molecule has 1 aliphatic rings. The van der Waals surface area contributed by atoms with Crippen LogP contribution >= 0.6 is 11.6 Å². The Morgan fingerprint density at radius 3 is 2.61 bits per heavy atom. The van der Waals surface area contributed by atoms with E-state index in [4.69, 9.17) is 16.3 Å². The molecule has 4 rings (SSSR count). The molecular formula is C22H15ClFNO3. The molecular weight excluding hydrogens is 381 g/mol. The van der Waals surface area contributed by atoms with Gasteiger partial charge < -0.3 is 10.1 Å². The van der Waals surface area contributed by atoms with Gasteiger partial charge in [0.05, 0.1) is 5.56 Å². The van der Waals surface area contributed by atoms with Crippen LogP contribution in [0.15, 0.2) is 66.7 Å². The highest BCUT2D eigenvalue weighted by molar-refractivity contribution is 6.30. The number of hydrogen-bond donors (Lipinski definition) is 1. The molecule has 28 heavy (non-hydrogen) atoms. The Kier molecular flexibility index (Phi) is 4.84. The number of fused-ring (bicyclic) bond motifs is 1. The van der Waals surface area contributed by atoms with Crippen molar-refractivity contribution in [2.45, 2.75) is 12.5 Å². The van der Waals surface area contributed by atoms with Crippen molar-refractivity contribution in [3.63, 3.8) is 0 Å². The number of anilines is 1. The number of benzene rings is 3. The van der Waals surface area contributed by atoms with Gasteiger partial charge >= 0.3 is 5.97 Å². The largest absolute Gasteiger partial charge is 0.454 e. The molecule has 140 valence electrons. The van der Waals surface area contributed by atoms with Gasteiger partial charge in [0.25, 0.3) is 5.91 Å². The highest BCUT2D eigenvalue weighted by Crippen LogP contribution is 2.31. The Hall–Kier alpha value is -3.18. The van der Waals surface area contributed by atoms with E-state index in [0.717, 1.165) is 11.1 Å². The van der Waals surface area contributed by atoms with Gasteiger partial charge in [0, 0.05) is 22.7 Å². The van der Waals surface area contributed by atoms with E-state index in [2.05, 4.69) is 5.32 Å². The van der Waals surface area contributed by atoms with Crippen molar-refractivity contribution in [1.29, 1.82) is 0 Å². The first-order valence-electron chi connectivity index (χ1n) is 8.66. The molecule has 4 nitrogen and oxygen atoms in total. The highest BCUT2D eigenvalue weighted by atomic mass is 35.5. The van der Waals surface area contributed by atoms with Crippen molar-refractivity contribution in [3.8, 4) is 0 Å². The minimum Gasteiger partial charge on any atom is -0.454 e. The molecule has 1 heterocycles. The van der Waals surface area contributed by atoms with Gasteiger partial charge in [-0.3, -0.25) is 4.79 Å². The summed E-state index contributed by atoms with van der Waals surface area (Å²) in [6, 6.07) is 17.6. The molecule has 0 fully saturated rings. The topological polar surface area (TPSA) is 55.4 Å². The summed E-state index contributed by atoms with van der Waals surface area (Å²) < 4.78 is 18.8. The number of ether oxygens (including phenoxy) is 1. The Labute approximate surface area is 165 Å². The maximum Gasteiger partial charge on any atom is 0.339 e. The lowest BCUT2D eigenvalue weighted by molar-refractivity contribution is 0.0252. The number of carbonyl (C=O) groups is 2. The average molecular weight is 396 g/mol. The minimum atomic E-state index is -0.446. The number of amides is 1. The van der Waals surface area contributed by atoms with Crippen LogP contribution < -0.4 is 5.32 Å². The van der Waals surface area contributed by atoms with Crippen molar-refractivity contribution >= 4 is 29.2 Å². The lowest BCUT2D eigenvalue weighted by atomic mass is 9.93. The van der Waals surface area contributed by atoms with Gasteiger partial charge in [-0.15, -0.1) is 0 Å². The molecule has 3 aromatic rings. The van der Waals surface area contributed by atoms with Crippen LogP contribution in [0.4, 0.5) is 10.1 Å². The summed E-state index contributed by atoms with van der Waals surface area (Å²) in [5.41, 5.74) is 2.74. The fraction of sp³-hybridized carbons (Fsp3) is 0.0909. The monoisotopic (exact) mass is 395 g/mol. The summed E-state index contributed by atoms with van der Waals surface area (Å²) in [6.45, 7) is 0. The van der Waals surface area contributed by atoms with Gasteiger partial charge in [-0.2, -0.15) is 0 Å². The van der Waals surface area contributed by atoms with E-state index in [1.807, 2.05) is 12.1 Å². The molecule has 0 aliphatic carbocycles. The summed E-state index contributed by atoms with van der Waals surface area (Å²) in [4.78, 5) is 24.9.